The van der Waals surface area contributed by atoms with Gasteiger partial charge < -0.3 is 15.2 Å². The Morgan fingerprint density at radius 3 is 2.80 bits per heavy atom. The van der Waals surface area contributed by atoms with Gasteiger partial charge in [-0.15, -0.1) is 0 Å². The SMILES string of the molecule is CC1CC(C(=O)NCc2ccc(C#CCO)cc2)CO1. The van der Waals surface area contributed by atoms with Crippen molar-refractivity contribution in [3.05, 3.63) is 35.4 Å². The molecule has 0 aliphatic carbocycles. The van der Waals surface area contributed by atoms with E-state index in [0.717, 1.165) is 17.5 Å². The summed E-state index contributed by atoms with van der Waals surface area (Å²) in [4.78, 5) is 11.9. The maximum absolute atomic E-state index is 11.9. The Kier molecular flexibility index (Phi) is 5.16. The van der Waals surface area contributed by atoms with Gasteiger partial charge in [0.2, 0.25) is 5.91 Å². The van der Waals surface area contributed by atoms with Crippen molar-refractivity contribution in [3.63, 3.8) is 0 Å². The smallest absolute Gasteiger partial charge is 0.225 e. The molecule has 2 atom stereocenters. The van der Waals surface area contributed by atoms with Crippen LogP contribution in [0.3, 0.4) is 0 Å². The van der Waals surface area contributed by atoms with Crippen molar-refractivity contribution in [2.45, 2.75) is 26.0 Å². The van der Waals surface area contributed by atoms with Crippen LogP contribution < -0.4 is 5.32 Å². The van der Waals surface area contributed by atoms with E-state index in [9.17, 15) is 4.79 Å². The van der Waals surface area contributed by atoms with E-state index < -0.39 is 0 Å². The van der Waals surface area contributed by atoms with Gasteiger partial charge in [-0.3, -0.25) is 4.79 Å². The molecule has 0 radical (unpaired) electrons. The molecule has 1 fully saturated rings. The van der Waals surface area contributed by atoms with E-state index in [-0.39, 0.29) is 24.5 Å². The molecule has 1 saturated heterocycles. The Bertz CT molecular complexity index is 513. The van der Waals surface area contributed by atoms with Crippen LogP contribution in [0.1, 0.15) is 24.5 Å². The van der Waals surface area contributed by atoms with Crippen LogP contribution in [0.4, 0.5) is 0 Å². The van der Waals surface area contributed by atoms with Crippen LogP contribution in [0.15, 0.2) is 24.3 Å². The fourth-order valence-corrected chi connectivity index (χ4v) is 2.18. The lowest BCUT2D eigenvalue weighted by atomic mass is 10.1. The first kappa shape index (κ1) is 14.6. The molecule has 0 aromatic heterocycles. The Morgan fingerprint density at radius 1 is 1.45 bits per heavy atom. The minimum atomic E-state index is -0.139. The average molecular weight is 273 g/mol. The predicted molar refractivity (Wildman–Crippen MR) is 75.8 cm³/mol. The molecule has 1 aliphatic heterocycles. The van der Waals surface area contributed by atoms with Crippen LogP contribution in [-0.4, -0.2) is 30.3 Å². The number of carbonyl (C=O) groups is 1. The third kappa shape index (κ3) is 4.09. The van der Waals surface area contributed by atoms with Gasteiger partial charge in [0, 0.05) is 12.1 Å². The Balaban J connectivity index is 1.83. The molecular formula is C16H19NO3. The summed E-state index contributed by atoms with van der Waals surface area (Å²) in [5.74, 6) is 5.46. The van der Waals surface area contributed by atoms with Gasteiger partial charge >= 0.3 is 0 Å². The molecular weight excluding hydrogens is 254 g/mol. The highest BCUT2D eigenvalue weighted by Gasteiger charge is 2.27. The number of ether oxygens (including phenoxy) is 1. The van der Waals surface area contributed by atoms with Crippen molar-refractivity contribution >= 4 is 5.91 Å². The predicted octanol–water partition coefficient (Wildman–Crippen LogP) is 1.07. The molecule has 1 amide bonds. The molecule has 0 bridgehead atoms. The standard InChI is InChI=1S/C16H19NO3/c1-12-9-15(11-20-12)16(19)17-10-14-6-4-13(5-7-14)3-2-8-18/h4-7,12,15,18H,8-11H2,1H3,(H,17,19). The van der Waals surface area contributed by atoms with Gasteiger partial charge in [-0.2, -0.15) is 0 Å². The van der Waals surface area contributed by atoms with Crippen molar-refractivity contribution in [1.29, 1.82) is 0 Å². The van der Waals surface area contributed by atoms with E-state index in [2.05, 4.69) is 17.2 Å². The summed E-state index contributed by atoms with van der Waals surface area (Å²) >= 11 is 0. The van der Waals surface area contributed by atoms with Crippen molar-refractivity contribution in [3.8, 4) is 11.8 Å². The number of hydrogen-bond acceptors (Lipinski definition) is 3. The number of nitrogens with one attached hydrogen (secondary N) is 1. The summed E-state index contributed by atoms with van der Waals surface area (Å²) in [6.45, 7) is 2.87. The van der Waals surface area contributed by atoms with E-state index in [1.54, 1.807) is 0 Å². The average Bonchev–Trinajstić information content (AvgIpc) is 2.90. The van der Waals surface area contributed by atoms with Crippen molar-refractivity contribution in [2.24, 2.45) is 5.92 Å². The number of aliphatic hydroxyl groups excluding tert-OH is 1. The molecule has 2 rings (SSSR count). The van der Waals surface area contributed by atoms with Crippen LogP contribution in [0.25, 0.3) is 0 Å². The van der Waals surface area contributed by atoms with Crippen LogP contribution in [0.2, 0.25) is 0 Å². The van der Waals surface area contributed by atoms with Crippen LogP contribution in [0.5, 0.6) is 0 Å². The minimum absolute atomic E-state index is 0.0281. The summed E-state index contributed by atoms with van der Waals surface area (Å²) in [5, 5.41) is 11.5. The van der Waals surface area contributed by atoms with Crippen LogP contribution >= 0.6 is 0 Å². The molecule has 2 unspecified atom stereocenters. The highest BCUT2D eigenvalue weighted by atomic mass is 16.5. The van der Waals surface area contributed by atoms with Crippen LogP contribution in [0, 0.1) is 17.8 Å². The second kappa shape index (κ2) is 7.09. The molecule has 106 valence electrons. The number of rotatable bonds is 3. The van der Waals surface area contributed by atoms with E-state index in [0.29, 0.717) is 13.2 Å². The van der Waals surface area contributed by atoms with Gasteiger partial charge in [0.1, 0.15) is 6.61 Å². The Labute approximate surface area is 119 Å². The first-order valence-corrected chi connectivity index (χ1v) is 6.77. The molecule has 1 aliphatic rings. The lowest BCUT2D eigenvalue weighted by molar-refractivity contribution is -0.125. The topological polar surface area (TPSA) is 58.6 Å². The van der Waals surface area contributed by atoms with Gasteiger partial charge in [-0.05, 0) is 31.0 Å². The summed E-state index contributed by atoms with van der Waals surface area (Å²) in [6, 6.07) is 7.61. The zero-order valence-corrected chi connectivity index (χ0v) is 11.6. The Hall–Kier alpha value is -1.83. The largest absolute Gasteiger partial charge is 0.384 e. The quantitative estimate of drug-likeness (QED) is 0.810. The lowest BCUT2D eigenvalue weighted by Gasteiger charge is -2.09. The van der Waals surface area contributed by atoms with E-state index in [1.165, 1.54) is 0 Å². The zero-order valence-electron chi connectivity index (χ0n) is 11.6. The van der Waals surface area contributed by atoms with Gasteiger partial charge in [0.25, 0.3) is 0 Å². The highest BCUT2D eigenvalue weighted by Crippen LogP contribution is 2.19. The normalized spacial score (nSPS) is 21.1. The molecule has 1 aromatic carbocycles. The van der Waals surface area contributed by atoms with Gasteiger partial charge in [-0.1, -0.05) is 24.0 Å². The lowest BCUT2D eigenvalue weighted by Crippen LogP contribution is -2.30. The van der Waals surface area contributed by atoms with Gasteiger partial charge in [0.15, 0.2) is 0 Å². The van der Waals surface area contributed by atoms with Crippen molar-refractivity contribution < 1.29 is 14.6 Å². The zero-order chi connectivity index (χ0) is 14.4. The number of amides is 1. The maximum Gasteiger partial charge on any atom is 0.225 e. The van der Waals surface area contributed by atoms with E-state index in [1.807, 2.05) is 31.2 Å². The first-order chi connectivity index (χ1) is 9.69. The Morgan fingerprint density at radius 2 is 2.20 bits per heavy atom. The third-order valence-electron chi connectivity index (χ3n) is 3.30. The molecule has 2 N–H and O–H groups in total. The fraction of sp³-hybridized carbons (Fsp3) is 0.438. The molecule has 1 heterocycles. The monoisotopic (exact) mass is 273 g/mol. The second-order valence-electron chi connectivity index (χ2n) is 4.95. The van der Waals surface area contributed by atoms with E-state index >= 15 is 0 Å². The molecule has 20 heavy (non-hydrogen) atoms. The van der Waals surface area contributed by atoms with Crippen molar-refractivity contribution in [1.82, 2.24) is 5.32 Å². The molecule has 1 aromatic rings. The number of carbonyl (C=O) groups excluding carboxylic acids is 1. The summed E-state index contributed by atoms with van der Waals surface area (Å²) in [5.41, 5.74) is 1.88. The highest BCUT2D eigenvalue weighted by molar-refractivity contribution is 5.79. The van der Waals surface area contributed by atoms with Gasteiger partial charge in [-0.25, -0.2) is 0 Å². The number of hydrogen-bond donors (Lipinski definition) is 2. The van der Waals surface area contributed by atoms with Crippen molar-refractivity contribution in [2.75, 3.05) is 13.2 Å². The summed E-state index contributed by atoms with van der Waals surface area (Å²) < 4.78 is 5.40. The second-order valence-corrected chi connectivity index (χ2v) is 4.95. The number of aliphatic hydroxyl groups is 1. The summed E-state index contributed by atoms with van der Waals surface area (Å²) in [7, 11) is 0. The molecule has 4 nitrogen and oxygen atoms in total. The fourth-order valence-electron chi connectivity index (χ4n) is 2.18. The molecule has 0 saturated carbocycles. The van der Waals surface area contributed by atoms with E-state index in [4.69, 9.17) is 9.84 Å². The first-order valence-electron chi connectivity index (χ1n) is 6.77. The third-order valence-corrected chi connectivity index (χ3v) is 3.30. The van der Waals surface area contributed by atoms with Gasteiger partial charge in [0.05, 0.1) is 18.6 Å². The molecule has 4 heteroatoms. The minimum Gasteiger partial charge on any atom is -0.384 e. The summed E-state index contributed by atoms with van der Waals surface area (Å²) in [6.07, 6.45) is 0.969. The maximum atomic E-state index is 11.9. The van der Waals surface area contributed by atoms with Crippen LogP contribution in [-0.2, 0) is 16.1 Å². The molecule has 0 spiro atoms. The number of benzene rings is 1.